The Kier molecular flexibility index (Phi) is 8.55. The molecular formula is C24H24F5N7O4S. The molecule has 0 bridgehead atoms. The highest BCUT2D eigenvalue weighted by atomic mass is 32.2. The van der Waals surface area contributed by atoms with Gasteiger partial charge in [0.25, 0.3) is 0 Å². The minimum Gasteiger partial charge on any atom is -0.475 e. The highest BCUT2D eigenvalue weighted by Crippen LogP contribution is 2.38. The van der Waals surface area contributed by atoms with Gasteiger partial charge < -0.3 is 20.2 Å². The Labute approximate surface area is 231 Å². The van der Waals surface area contributed by atoms with Crippen molar-refractivity contribution in [2.45, 2.75) is 36.4 Å². The fraction of sp³-hybridized carbons (Fsp3) is 0.375. The Morgan fingerprint density at radius 3 is 2.24 bits per heavy atom. The van der Waals surface area contributed by atoms with Crippen molar-refractivity contribution in [2.75, 3.05) is 41.0 Å². The second-order valence-corrected chi connectivity index (χ2v) is 11.2. The number of carboxylic acid groups (broad SMARTS) is 1. The van der Waals surface area contributed by atoms with Gasteiger partial charge in [-0.25, -0.2) is 37.5 Å². The molecule has 1 aromatic carbocycles. The molecule has 1 saturated heterocycles. The van der Waals surface area contributed by atoms with Gasteiger partial charge in [-0.05, 0) is 37.5 Å². The predicted molar refractivity (Wildman–Crippen MR) is 137 cm³/mol. The average Bonchev–Trinajstić information content (AvgIpc) is 3.34. The normalized spacial score (nSPS) is 15.7. The standard InChI is InChI=1S/C22H23F2N7O2S.C2HF3O2/c1-34(32,33)16-2-3-19(18(23)10-16)31-9-6-17-20(27-13-28-21(17)31)29-14-4-7-30(8-5-14)15-11-25-22(24)26-12-15;3-2(4,5)1(6)7/h2-3,10-14H,4-9H2,1H3,(H,27,28,29);(H,6,7). The largest absolute Gasteiger partial charge is 0.490 e. The number of aliphatic carboxylic acids is 1. The molecular weight excluding hydrogens is 577 g/mol. The highest BCUT2D eigenvalue weighted by Gasteiger charge is 2.38. The van der Waals surface area contributed by atoms with Gasteiger partial charge in [-0.1, -0.05) is 0 Å². The van der Waals surface area contributed by atoms with Crippen LogP contribution in [-0.2, 0) is 21.1 Å². The van der Waals surface area contributed by atoms with E-state index in [1.165, 1.54) is 30.9 Å². The number of carboxylic acids is 1. The van der Waals surface area contributed by atoms with Gasteiger partial charge in [-0.2, -0.15) is 17.6 Å². The van der Waals surface area contributed by atoms with E-state index < -0.39 is 33.9 Å². The molecule has 5 rings (SSSR count). The monoisotopic (exact) mass is 601 g/mol. The number of anilines is 4. The maximum Gasteiger partial charge on any atom is 0.490 e. The summed E-state index contributed by atoms with van der Waals surface area (Å²) in [5.74, 6) is -2.03. The Hall–Kier alpha value is -4.15. The van der Waals surface area contributed by atoms with Crippen LogP contribution in [0.1, 0.15) is 18.4 Å². The number of alkyl halides is 3. The van der Waals surface area contributed by atoms with Crippen LogP contribution in [0, 0.1) is 11.9 Å². The fourth-order valence-corrected chi connectivity index (χ4v) is 5.07. The Morgan fingerprint density at radius 2 is 1.68 bits per heavy atom. The molecule has 2 aromatic heterocycles. The van der Waals surface area contributed by atoms with Crippen LogP contribution < -0.4 is 15.1 Å². The molecule has 0 radical (unpaired) electrons. The number of nitrogens with one attached hydrogen (secondary N) is 1. The third-order valence-corrected chi connectivity index (χ3v) is 7.56. The summed E-state index contributed by atoms with van der Waals surface area (Å²) in [5.41, 5.74) is 1.98. The lowest BCUT2D eigenvalue weighted by atomic mass is 10.0. The minimum absolute atomic E-state index is 0.0586. The number of fused-ring (bicyclic) bond motifs is 1. The first-order chi connectivity index (χ1) is 19.2. The summed E-state index contributed by atoms with van der Waals surface area (Å²) in [6.07, 6.45) is 1.99. The molecule has 41 heavy (non-hydrogen) atoms. The van der Waals surface area contributed by atoms with Gasteiger partial charge in [0, 0.05) is 37.5 Å². The maximum atomic E-state index is 14.8. The number of hydrogen-bond acceptors (Lipinski definition) is 10. The SMILES string of the molecule is CS(=O)(=O)c1ccc(N2CCc3c(NC4CCN(c5cnc(F)nc5)CC4)ncnc32)c(F)c1.O=C(O)C(F)(F)F. The number of rotatable bonds is 5. The summed E-state index contributed by atoms with van der Waals surface area (Å²) in [5, 5.41) is 10.6. The van der Waals surface area contributed by atoms with Gasteiger partial charge in [-0.15, -0.1) is 0 Å². The van der Waals surface area contributed by atoms with E-state index in [1.54, 1.807) is 4.90 Å². The van der Waals surface area contributed by atoms with Gasteiger partial charge in [-0.3, -0.25) is 0 Å². The van der Waals surface area contributed by atoms with E-state index in [0.717, 1.165) is 55.3 Å². The minimum atomic E-state index is -5.08. The molecule has 0 amide bonds. The zero-order valence-electron chi connectivity index (χ0n) is 21.4. The van der Waals surface area contributed by atoms with Gasteiger partial charge in [0.05, 0.1) is 28.7 Å². The van der Waals surface area contributed by atoms with Crippen LogP contribution in [0.5, 0.6) is 0 Å². The first-order valence-corrected chi connectivity index (χ1v) is 14.0. The molecule has 1 fully saturated rings. The van der Waals surface area contributed by atoms with Crippen molar-refractivity contribution >= 4 is 38.8 Å². The van der Waals surface area contributed by atoms with Crippen molar-refractivity contribution in [1.29, 1.82) is 0 Å². The van der Waals surface area contributed by atoms with Crippen molar-refractivity contribution in [3.05, 3.63) is 54.4 Å². The van der Waals surface area contributed by atoms with Crippen LogP contribution in [0.4, 0.5) is 45.0 Å². The molecule has 0 saturated carbocycles. The van der Waals surface area contributed by atoms with E-state index >= 15 is 0 Å². The average molecular weight is 602 g/mol. The first-order valence-electron chi connectivity index (χ1n) is 12.1. The molecule has 220 valence electrons. The summed E-state index contributed by atoms with van der Waals surface area (Å²) >= 11 is 0. The van der Waals surface area contributed by atoms with Gasteiger partial charge >= 0.3 is 18.2 Å². The van der Waals surface area contributed by atoms with E-state index in [4.69, 9.17) is 9.90 Å². The zero-order chi connectivity index (χ0) is 29.9. The highest BCUT2D eigenvalue weighted by molar-refractivity contribution is 7.90. The topological polar surface area (TPSA) is 142 Å². The lowest BCUT2D eigenvalue weighted by molar-refractivity contribution is -0.192. The second-order valence-electron chi connectivity index (χ2n) is 9.23. The van der Waals surface area contributed by atoms with Crippen LogP contribution in [-0.4, -0.2) is 77.5 Å². The molecule has 0 unspecified atom stereocenters. The number of nitrogens with zero attached hydrogens (tertiary/aromatic N) is 6. The summed E-state index contributed by atoms with van der Waals surface area (Å²) in [6, 6.07) is 4.12. The predicted octanol–water partition coefficient (Wildman–Crippen LogP) is 3.36. The van der Waals surface area contributed by atoms with E-state index in [1.807, 2.05) is 0 Å². The Balaban J connectivity index is 0.000000493. The molecule has 17 heteroatoms. The number of sulfone groups is 1. The first kappa shape index (κ1) is 29.8. The van der Waals surface area contributed by atoms with Crippen LogP contribution >= 0.6 is 0 Å². The Morgan fingerprint density at radius 1 is 1.05 bits per heavy atom. The van der Waals surface area contributed by atoms with Crippen molar-refractivity contribution in [3.63, 3.8) is 0 Å². The van der Waals surface area contributed by atoms with Crippen molar-refractivity contribution in [2.24, 2.45) is 0 Å². The van der Waals surface area contributed by atoms with Crippen molar-refractivity contribution < 1.29 is 40.3 Å². The molecule has 11 nitrogen and oxygen atoms in total. The van der Waals surface area contributed by atoms with Crippen LogP contribution in [0.25, 0.3) is 0 Å². The van der Waals surface area contributed by atoms with Gasteiger partial charge in [0.15, 0.2) is 9.84 Å². The van der Waals surface area contributed by atoms with E-state index in [0.29, 0.717) is 18.8 Å². The molecule has 0 aliphatic carbocycles. The molecule has 0 atom stereocenters. The van der Waals surface area contributed by atoms with Crippen molar-refractivity contribution in [3.8, 4) is 0 Å². The summed E-state index contributed by atoms with van der Waals surface area (Å²) in [4.78, 5) is 28.8. The summed E-state index contributed by atoms with van der Waals surface area (Å²) in [7, 11) is -3.49. The van der Waals surface area contributed by atoms with Crippen LogP contribution in [0.3, 0.4) is 0 Å². The molecule has 2 aliphatic rings. The number of carbonyl (C=O) groups is 1. The van der Waals surface area contributed by atoms with E-state index in [9.17, 15) is 30.4 Å². The number of halogens is 5. The molecule has 2 N–H and O–H groups in total. The van der Waals surface area contributed by atoms with Crippen LogP contribution in [0.15, 0.2) is 41.8 Å². The lowest BCUT2D eigenvalue weighted by Crippen LogP contribution is -2.39. The Bertz CT molecular complexity index is 1520. The molecule has 4 heterocycles. The maximum absolute atomic E-state index is 14.8. The zero-order valence-corrected chi connectivity index (χ0v) is 22.3. The number of aromatic nitrogens is 4. The van der Waals surface area contributed by atoms with Gasteiger partial charge in [0.1, 0.15) is 23.8 Å². The lowest BCUT2D eigenvalue weighted by Gasteiger charge is -2.34. The molecule has 2 aliphatic heterocycles. The van der Waals surface area contributed by atoms with Gasteiger partial charge in [0.2, 0.25) is 0 Å². The smallest absolute Gasteiger partial charge is 0.475 e. The number of benzene rings is 1. The molecule has 0 spiro atoms. The summed E-state index contributed by atoms with van der Waals surface area (Å²) in [6.45, 7) is 2.05. The number of piperidine rings is 1. The number of hydrogen-bond donors (Lipinski definition) is 2. The third-order valence-electron chi connectivity index (χ3n) is 6.45. The third kappa shape index (κ3) is 7.14. The van der Waals surface area contributed by atoms with E-state index in [2.05, 4.69) is 30.2 Å². The quantitative estimate of drug-likeness (QED) is 0.329. The fourth-order valence-electron chi connectivity index (χ4n) is 4.44. The second kappa shape index (κ2) is 11.8. The van der Waals surface area contributed by atoms with E-state index in [-0.39, 0.29) is 16.6 Å². The summed E-state index contributed by atoms with van der Waals surface area (Å²) < 4.78 is 83.0. The van der Waals surface area contributed by atoms with Crippen molar-refractivity contribution in [1.82, 2.24) is 19.9 Å². The van der Waals surface area contributed by atoms with Crippen LogP contribution in [0.2, 0.25) is 0 Å². The molecule has 3 aromatic rings.